The van der Waals surface area contributed by atoms with Crippen molar-refractivity contribution in [1.82, 2.24) is 0 Å². The lowest BCUT2D eigenvalue weighted by Gasteiger charge is -1.98. The zero-order valence-electron chi connectivity index (χ0n) is 10.2. The van der Waals surface area contributed by atoms with E-state index in [-0.39, 0.29) is 0 Å². The van der Waals surface area contributed by atoms with Gasteiger partial charge in [-0.2, -0.15) is 0 Å². The van der Waals surface area contributed by atoms with Crippen molar-refractivity contribution in [3.8, 4) is 0 Å². The molecule has 0 radical (unpaired) electrons. The topological polar surface area (TPSA) is 0 Å². The lowest BCUT2D eigenvalue weighted by Crippen LogP contribution is -1.88. The molecule has 1 saturated carbocycles. The van der Waals surface area contributed by atoms with Gasteiger partial charge < -0.3 is 0 Å². The van der Waals surface area contributed by atoms with Crippen LogP contribution in [0.3, 0.4) is 0 Å². The molecule has 0 aromatic heterocycles. The molecule has 0 spiro atoms. The summed E-state index contributed by atoms with van der Waals surface area (Å²) < 4.78 is 0. The maximum atomic E-state index is 2.37. The Hall–Kier alpha value is 0. The van der Waals surface area contributed by atoms with Gasteiger partial charge in [-0.1, -0.05) is 61.3 Å². The molecule has 0 bridgehead atoms. The molecule has 1 unspecified atom stereocenters. The predicted octanol–water partition coefficient (Wildman–Crippen LogP) is 4.89. The van der Waals surface area contributed by atoms with Crippen LogP contribution in [-0.2, 0) is 0 Å². The average molecular weight is 172 g/mol. The summed E-state index contributed by atoms with van der Waals surface area (Å²) in [5, 5.41) is 0. The Balaban J connectivity index is 0. The number of hydrogen-bond donors (Lipinski definition) is 0. The second kappa shape index (κ2) is 7.64. The van der Waals surface area contributed by atoms with Gasteiger partial charge in [0, 0.05) is 0 Å². The summed E-state index contributed by atoms with van der Waals surface area (Å²) in [7, 11) is 0. The molecule has 1 atom stereocenters. The Kier molecular flexibility index (Phi) is 9.24. The molecule has 0 aromatic carbocycles. The smallest absolute Gasteiger partial charge is 0.0323 e. The molecular formula is C12H28. The van der Waals surface area contributed by atoms with Crippen LogP contribution < -0.4 is 0 Å². The molecule has 1 aliphatic rings. The van der Waals surface area contributed by atoms with Crippen LogP contribution in [0.4, 0.5) is 0 Å². The van der Waals surface area contributed by atoms with Gasteiger partial charge in [-0.3, -0.25) is 0 Å². The van der Waals surface area contributed by atoms with Crippen LogP contribution in [0.5, 0.6) is 0 Å². The van der Waals surface area contributed by atoms with Gasteiger partial charge in [0.1, 0.15) is 0 Å². The third-order valence-electron chi connectivity index (χ3n) is 2.35. The van der Waals surface area contributed by atoms with Crippen molar-refractivity contribution in [2.24, 2.45) is 11.3 Å². The molecule has 0 nitrogen and oxygen atoms in total. The van der Waals surface area contributed by atoms with Crippen LogP contribution in [0.25, 0.3) is 0 Å². The van der Waals surface area contributed by atoms with Crippen molar-refractivity contribution in [2.75, 3.05) is 0 Å². The van der Waals surface area contributed by atoms with Gasteiger partial charge in [0.25, 0.3) is 0 Å². The van der Waals surface area contributed by atoms with Crippen molar-refractivity contribution in [1.29, 1.82) is 0 Å². The van der Waals surface area contributed by atoms with Crippen LogP contribution in [0.15, 0.2) is 0 Å². The fourth-order valence-corrected chi connectivity index (χ4v) is 1.42. The van der Waals surface area contributed by atoms with E-state index in [1.165, 1.54) is 19.3 Å². The highest BCUT2D eigenvalue weighted by Crippen LogP contribution is 2.53. The molecule has 0 N–H and O–H groups in total. The van der Waals surface area contributed by atoms with E-state index in [9.17, 15) is 0 Å². The van der Waals surface area contributed by atoms with Crippen LogP contribution >= 0.6 is 0 Å². The van der Waals surface area contributed by atoms with Gasteiger partial charge in [-0.05, 0) is 17.8 Å². The normalized spacial score (nSPS) is 22.8. The highest BCUT2D eigenvalue weighted by atomic mass is 14.5. The third-order valence-corrected chi connectivity index (χ3v) is 2.35. The van der Waals surface area contributed by atoms with Crippen molar-refractivity contribution >= 4 is 0 Å². The monoisotopic (exact) mass is 172 g/mol. The molecule has 1 aliphatic carbocycles. The zero-order chi connectivity index (χ0) is 10.2. The summed E-state index contributed by atoms with van der Waals surface area (Å²) >= 11 is 0. The minimum atomic E-state index is 0.718. The van der Waals surface area contributed by atoms with Crippen molar-refractivity contribution in [2.45, 2.75) is 67.7 Å². The maximum absolute atomic E-state index is 2.37. The minimum absolute atomic E-state index is 0.718. The van der Waals surface area contributed by atoms with Crippen LogP contribution in [0, 0.1) is 11.3 Å². The summed E-state index contributed by atoms with van der Waals surface area (Å²) in [6.07, 6.45) is 4.29. The molecule has 0 amide bonds. The highest BCUT2D eigenvalue weighted by molar-refractivity contribution is 4.94. The summed E-state index contributed by atoms with van der Waals surface area (Å²) in [5.74, 6) is 1.06. The summed E-state index contributed by atoms with van der Waals surface area (Å²) in [4.78, 5) is 0. The van der Waals surface area contributed by atoms with E-state index in [0.29, 0.717) is 0 Å². The molecule has 76 valence electrons. The van der Waals surface area contributed by atoms with Crippen molar-refractivity contribution < 1.29 is 0 Å². The molecule has 0 saturated heterocycles. The van der Waals surface area contributed by atoms with Gasteiger partial charge in [-0.25, -0.2) is 0 Å². The lowest BCUT2D eigenvalue weighted by molar-refractivity contribution is 0.528. The van der Waals surface area contributed by atoms with Gasteiger partial charge >= 0.3 is 0 Å². The first-order chi connectivity index (χ1) is 5.67. The Labute approximate surface area is 79.8 Å². The van der Waals surface area contributed by atoms with Crippen LogP contribution in [0.1, 0.15) is 67.7 Å². The summed E-state index contributed by atoms with van der Waals surface area (Å²) in [6, 6.07) is 0. The number of rotatable bonds is 2. The molecule has 1 rings (SSSR count). The Morgan fingerprint density at radius 2 is 1.42 bits per heavy atom. The second-order valence-corrected chi connectivity index (χ2v) is 3.68. The van der Waals surface area contributed by atoms with Crippen molar-refractivity contribution in [3.63, 3.8) is 0 Å². The quantitative estimate of drug-likeness (QED) is 0.556. The maximum Gasteiger partial charge on any atom is -0.0323 e. The van der Waals surface area contributed by atoms with Gasteiger partial charge in [0.2, 0.25) is 0 Å². The SMILES string of the molecule is CC.CC.CCCC1CC1(C)C. The van der Waals surface area contributed by atoms with Gasteiger partial charge in [0.05, 0.1) is 0 Å². The lowest BCUT2D eigenvalue weighted by atomic mass is 10.1. The van der Waals surface area contributed by atoms with Crippen LogP contribution in [-0.4, -0.2) is 0 Å². The molecule has 0 aromatic rings. The first-order valence-corrected chi connectivity index (χ1v) is 5.67. The Morgan fingerprint density at radius 1 is 1.08 bits per heavy atom. The Morgan fingerprint density at radius 3 is 1.50 bits per heavy atom. The zero-order valence-corrected chi connectivity index (χ0v) is 10.2. The molecule has 0 heterocycles. The highest BCUT2D eigenvalue weighted by Gasteiger charge is 2.44. The van der Waals surface area contributed by atoms with Gasteiger partial charge in [0.15, 0.2) is 0 Å². The summed E-state index contributed by atoms with van der Waals surface area (Å²) in [6.45, 7) is 15.0. The molecule has 0 heteroatoms. The van der Waals surface area contributed by atoms with E-state index in [2.05, 4.69) is 20.8 Å². The first kappa shape index (κ1) is 14.5. The molecule has 0 aliphatic heterocycles. The molecular weight excluding hydrogens is 144 g/mol. The van der Waals surface area contributed by atoms with E-state index < -0.39 is 0 Å². The largest absolute Gasteiger partial charge is 0.0683 e. The standard InChI is InChI=1S/C8H16.2C2H6/c1-4-5-7-6-8(7,2)3;2*1-2/h7H,4-6H2,1-3H3;2*1-2H3. The summed E-state index contributed by atoms with van der Waals surface area (Å²) in [5.41, 5.74) is 0.718. The second-order valence-electron chi connectivity index (χ2n) is 3.68. The third kappa shape index (κ3) is 5.62. The van der Waals surface area contributed by atoms with E-state index in [0.717, 1.165) is 11.3 Å². The average Bonchev–Trinajstić information content (AvgIpc) is 2.68. The van der Waals surface area contributed by atoms with E-state index >= 15 is 0 Å². The fraction of sp³-hybridized carbons (Fsp3) is 1.00. The minimum Gasteiger partial charge on any atom is -0.0683 e. The van der Waals surface area contributed by atoms with Gasteiger partial charge in [-0.15, -0.1) is 0 Å². The molecule has 12 heavy (non-hydrogen) atoms. The number of hydrogen-bond acceptors (Lipinski definition) is 0. The van der Waals surface area contributed by atoms with Crippen molar-refractivity contribution in [3.05, 3.63) is 0 Å². The van der Waals surface area contributed by atoms with E-state index in [4.69, 9.17) is 0 Å². The first-order valence-electron chi connectivity index (χ1n) is 5.67. The predicted molar refractivity (Wildman–Crippen MR) is 59.5 cm³/mol. The van der Waals surface area contributed by atoms with E-state index in [1.807, 2.05) is 27.7 Å². The molecule has 1 fully saturated rings. The van der Waals surface area contributed by atoms with Crippen LogP contribution in [0.2, 0.25) is 0 Å². The Bertz CT molecular complexity index is 82.0. The fourth-order valence-electron chi connectivity index (χ4n) is 1.42. The van der Waals surface area contributed by atoms with E-state index in [1.54, 1.807) is 0 Å².